The van der Waals surface area contributed by atoms with Crippen LogP contribution in [-0.4, -0.2) is 33.0 Å². The van der Waals surface area contributed by atoms with Gasteiger partial charge in [0, 0.05) is 11.6 Å². The summed E-state index contributed by atoms with van der Waals surface area (Å²) in [4.78, 5) is 0. The Bertz CT molecular complexity index is 426. The van der Waals surface area contributed by atoms with Crippen molar-refractivity contribution in [3.63, 3.8) is 0 Å². The van der Waals surface area contributed by atoms with Crippen LogP contribution < -0.4 is 9.47 Å². The van der Waals surface area contributed by atoms with Crippen LogP contribution in [0.5, 0.6) is 11.5 Å². The molecule has 1 aromatic rings. The maximum Gasteiger partial charge on any atom is 0.128 e. The molecular formula is C15H20O4. The van der Waals surface area contributed by atoms with Crippen molar-refractivity contribution in [2.45, 2.75) is 25.2 Å². The van der Waals surface area contributed by atoms with Gasteiger partial charge in [0.2, 0.25) is 0 Å². The highest BCUT2D eigenvalue weighted by molar-refractivity contribution is 5.40. The van der Waals surface area contributed by atoms with E-state index < -0.39 is 0 Å². The number of ether oxygens (including phenoxy) is 4. The smallest absolute Gasteiger partial charge is 0.128 e. The Kier molecular flexibility index (Phi) is 4.82. The number of rotatable bonds is 8. The van der Waals surface area contributed by atoms with Crippen LogP contribution in [0.1, 0.15) is 12.0 Å². The molecule has 1 fully saturated rings. The summed E-state index contributed by atoms with van der Waals surface area (Å²) >= 11 is 0. The van der Waals surface area contributed by atoms with Crippen molar-refractivity contribution in [2.24, 2.45) is 0 Å². The minimum Gasteiger partial charge on any atom is -0.497 e. The van der Waals surface area contributed by atoms with Gasteiger partial charge in [0.1, 0.15) is 17.6 Å². The average molecular weight is 264 g/mol. The van der Waals surface area contributed by atoms with Crippen molar-refractivity contribution < 1.29 is 18.9 Å². The molecule has 0 N–H and O–H groups in total. The number of hydrogen-bond acceptors (Lipinski definition) is 4. The Hall–Kier alpha value is -1.52. The Morgan fingerprint density at radius 3 is 2.79 bits per heavy atom. The van der Waals surface area contributed by atoms with Crippen LogP contribution in [0.25, 0.3) is 0 Å². The molecule has 4 nitrogen and oxygen atoms in total. The first-order valence-electron chi connectivity index (χ1n) is 6.33. The molecule has 19 heavy (non-hydrogen) atoms. The highest BCUT2D eigenvalue weighted by Crippen LogP contribution is 2.27. The van der Waals surface area contributed by atoms with Crippen molar-refractivity contribution in [1.82, 2.24) is 0 Å². The standard InChI is InChI=1S/C15H20O4/c1-4-5-13(15-10-19-15)18-9-11-6-7-12(16-2)8-14(11)17-3/h4,6-8,13,15H,1,5,9-10H2,2-3H3/t13-,15+/m0/s1. The third-order valence-corrected chi connectivity index (χ3v) is 3.12. The molecule has 0 unspecified atom stereocenters. The monoisotopic (exact) mass is 264 g/mol. The Morgan fingerprint density at radius 2 is 2.21 bits per heavy atom. The zero-order valence-electron chi connectivity index (χ0n) is 11.4. The van der Waals surface area contributed by atoms with E-state index in [1.807, 2.05) is 24.3 Å². The second-order valence-electron chi connectivity index (χ2n) is 4.42. The summed E-state index contributed by atoms with van der Waals surface area (Å²) in [7, 11) is 3.28. The van der Waals surface area contributed by atoms with Gasteiger partial charge in [-0.3, -0.25) is 0 Å². The number of methoxy groups -OCH3 is 2. The fraction of sp³-hybridized carbons (Fsp3) is 0.467. The van der Waals surface area contributed by atoms with Crippen molar-refractivity contribution in [3.05, 3.63) is 36.4 Å². The van der Waals surface area contributed by atoms with Crippen molar-refractivity contribution in [2.75, 3.05) is 20.8 Å². The van der Waals surface area contributed by atoms with E-state index in [1.54, 1.807) is 14.2 Å². The van der Waals surface area contributed by atoms with E-state index in [1.165, 1.54) is 0 Å². The molecule has 1 aromatic carbocycles. The van der Waals surface area contributed by atoms with Gasteiger partial charge in [0.05, 0.1) is 33.5 Å². The molecule has 1 aliphatic heterocycles. The zero-order valence-corrected chi connectivity index (χ0v) is 11.4. The third kappa shape index (κ3) is 3.72. The van der Waals surface area contributed by atoms with Crippen molar-refractivity contribution >= 4 is 0 Å². The van der Waals surface area contributed by atoms with Gasteiger partial charge in [-0.05, 0) is 18.6 Å². The van der Waals surface area contributed by atoms with Crippen molar-refractivity contribution in [3.8, 4) is 11.5 Å². The average Bonchev–Trinajstić information content (AvgIpc) is 3.27. The van der Waals surface area contributed by atoms with Gasteiger partial charge in [-0.2, -0.15) is 0 Å². The highest BCUT2D eigenvalue weighted by atomic mass is 16.6. The normalized spacial score (nSPS) is 18.7. The van der Waals surface area contributed by atoms with Crippen LogP contribution in [0.15, 0.2) is 30.9 Å². The molecule has 1 saturated heterocycles. The van der Waals surface area contributed by atoms with Gasteiger partial charge >= 0.3 is 0 Å². The quantitative estimate of drug-likeness (QED) is 0.534. The Morgan fingerprint density at radius 1 is 1.42 bits per heavy atom. The maximum absolute atomic E-state index is 5.89. The number of benzene rings is 1. The van der Waals surface area contributed by atoms with E-state index in [0.717, 1.165) is 30.1 Å². The summed E-state index contributed by atoms with van der Waals surface area (Å²) in [6, 6.07) is 5.71. The lowest BCUT2D eigenvalue weighted by Crippen LogP contribution is -2.19. The lowest BCUT2D eigenvalue weighted by Gasteiger charge is -2.16. The predicted molar refractivity (Wildman–Crippen MR) is 72.7 cm³/mol. The fourth-order valence-corrected chi connectivity index (χ4v) is 1.93. The van der Waals surface area contributed by atoms with Crippen LogP contribution in [0.2, 0.25) is 0 Å². The van der Waals surface area contributed by atoms with E-state index in [4.69, 9.17) is 18.9 Å². The maximum atomic E-state index is 5.89. The summed E-state index contributed by atoms with van der Waals surface area (Å²) in [5, 5.41) is 0. The van der Waals surface area contributed by atoms with Crippen molar-refractivity contribution in [1.29, 1.82) is 0 Å². The molecule has 0 bridgehead atoms. The van der Waals surface area contributed by atoms with E-state index in [0.29, 0.717) is 6.61 Å². The summed E-state index contributed by atoms with van der Waals surface area (Å²) < 4.78 is 21.7. The zero-order chi connectivity index (χ0) is 13.7. The molecule has 1 heterocycles. The van der Waals surface area contributed by atoms with Crippen LogP contribution in [0, 0.1) is 0 Å². The Labute approximate surface area is 113 Å². The summed E-state index contributed by atoms with van der Waals surface area (Å²) in [5.41, 5.74) is 0.998. The predicted octanol–water partition coefficient (Wildman–Crippen LogP) is 2.56. The molecule has 2 rings (SSSR count). The molecule has 2 atom stereocenters. The third-order valence-electron chi connectivity index (χ3n) is 3.12. The van der Waals surface area contributed by atoms with Gasteiger partial charge in [0.15, 0.2) is 0 Å². The Balaban J connectivity index is 1.99. The van der Waals surface area contributed by atoms with Gasteiger partial charge in [0.25, 0.3) is 0 Å². The minimum absolute atomic E-state index is 0.0734. The minimum atomic E-state index is 0.0734. The summed E-state index contributed by atoms with van der Waals surface area (Å²) in [6.45, 7) is 5.01. The van der Waals surface area contributed by atoms with Gasteiger partial charge < -0.3 is 18.9 Å². The molecule has 0 saturated carbocycles. The molecule has 4 heteroatoms. The molecule has 1 aliphatic rings. The van der Waals surface area contributed by atoms with E-state index in [-0.39, 0.29) is 12.2 Å². The molecule has 0 radical (unpaired) electrons. The summed E-state index contributed by atoms with van der Waals surface area (Å²) in [6.07, 6.45) is 2.94. The molecule has 0 aromatic heterocycles. The first-order valence-corrected chi connectivity index (χ1v) is 6.33. The van der Waals surface area contributed by atoms with Crippen LogP contribution in [0.4, 0.5) is 0 Å². The second kappa shape index (κ2) is 6.59. The fourth-order valence-electron chi connectivity index (χ4n) is 1.93. The number of hydrogen-bond donors (Lipinski definition) is 0. The molecule has 0 spiro atoms. The molecule has 0 amide bonds. The number of epoxide rings is 1. The van der Waals surface area contributed by atoms with E-state index >= 15 is 0 Å². The summed E-state index contributed by atoms with van der Waals surface area (Å²) in [5.74, 6) is 1.54. The molecule has 0 aliphatic carbocycles. The van der Waals surface area contributed by atoms with Gasteiger partial charge in [-0.1, -0.05) is 6.08 Å². The topological polar surface area (TPSA) is 40.2 Å². The second-order valence-corrected chi connectivity index (χ2v) is 4.42. The van der Waals surface area contributed by atoms with Crippen LogP contribution >= 0.6 is 0 Å². The first kappa shape index (κ1) is 13.9. The van der Waals surface area contributed by atoms with Crippen LogP contribution in [0.3, 0.4) is 0 Å². The van der Waals surface area contributed by atoms with E-state index in [9.17, 15) is 0 Å². The largest absolute Gasteiger partial charge is 0.497 e. The highest BCUT2D eigenvalue weighted by Gasteiger charge is 2.32. The van der Waals surface area contributed by atoms with E-state index in [2.05, 4.69) is 6.58 Å². The first-order chi connectivity index (χ1) is 9.28. The molecular weight excluding hydrogens is 244 g/mol. The van der Waals surface area contributed by atoms with Crippen LogP contribution in [-0.2, 0) is 16.1 Å². The van der Waals surface area contributed by atoms with Gasteiger partial charge in [-0.15, -0.1) is 6.58 Å². The lowest BCUT2D eigenvalue weighted by molar-refractivity contribution is 0.0229. The lowest BCUT2D eigenvalue weighted by atomic mass is 10.1. The SMILES string of the molecule is C=CC[C@H](OCc1ccc(OC)cc1OC)[C@H]1CO1. The van der Waals surface area contributed by atoms with Gasteiger partial charge in [-0.25, -0.2) is 0 Å². The molecule has 104 valence electrons.